The number of carbonyl (C=O) groups excluding carboxylic acids is 3. The van der Waals surface area contributed by atoms with E-state index in [0.29, 0.717) is 0 Å². The third-order valence-corrected chi connectivity index (χ3v) is 2.48. The monoisotopic (exact) mass is 281 g/mol. The van der Waals surface area contributed by atoms with Crippen molar-refractivity contribution >= 4 is 27.8 Å². The molecule has 0 aromatic rings. The van der Waals surface area contributed by atoms with E-state index >= 15 is 0 Å². The normalized spacial score (nSPS) is 12.6. The Hall–Kier alpha value is -1.68. The van der Waals surface area contributed by atoms with Gasteiger partial charge >= 0.3 is 0 Å². The van der Waals surface area contributed by atoms with Crippen molar-refractivity contribution in [1.82, 2.24) is 10.6 Å². The number of hydrogen-bond acceptors (Lipinski definition) is 5. The predicted octanol–water partition coefficient (Wildman–Crippen LogP) is -2.63. The highest BCUT2D eigenvalue weighted by molar-refractivity contribution is 7.85. The third-order valence-electron chi connectivity index (χ3n) is 1.76. The van der Waals surface area contributed by atoms with Crippen molar-refractivity contribution in [2.24, 2.45) is 5.73 Å². The lowest BCUT2D eigenvalue weighted by Gasteiger charge is -2.15. The van der Waals surface area contributed by atoms with Crippen LogP contribution < -0.4 is 16.4 Å². The Labute approximate surface area is 104 Å². The van der Waals surface area contributed by atoms with E-state index in [1.54, 1.807) is 0 Å². The zero-order chi connectivity index (χ0) is 14.3. The van der Waals surface area contributed by atoms with Crippen LogP contribution in [0.3, 0.4) is 0 Å². The molecule has 0 radical (unpaired) electrons. The molecule has 0 saturated carbocycles. The molecule has 104 valence electrons. The lowest BCUT2D eigenvalue weighted by Crippen LogP contribution is -2.48. The van der Waals surface area contributed by atoms with Crippen LogP contribution in [0.5, 0.6) is 0 Å². The smallest absolute Gasteiger partial charge is 0.266 e. The summed E-state index contributed by atoms with van der Waals surface area (Å²) in [5.74, 6) is -2.75. The van der Waals surface area contributed by atoms with Crippen LogP contribution in [0.25, 0.3) is 0 Å². The summed E-state index contributed by atoms with van der Waals surface area (Å²) in [7, 11) is -4.19. The van der Waals surface area contributed by atoms with Gasteiger partial charge in [0.15, 0.2) is 0 Å². The summed E-state index contributed by atoms with van der Waals surface area (Å²) in [6, 6.07) is -1.17. The van der Waals surface area contributed by atoms with Crippen LogP contribution in [0, 0.1) is 0 Å². The van der Waals surface area contributed by atoms with Gasteiger partial charge in [0.2, 0.25) is 17.7 Å². The summed E-state index contributed by atoms with van der Waals surface area (Å²) >= 11 is 0. The van der Waals surface area contributed by atoms with E-state index in [9.17, 15) is 22.8 Å². The van der Waals surface area contributed by atoms with Crippen molar-refractivity contribution in [2.45, 2.75) is 19.4 Å². The van der Waals surface area contributed by atoms with E-state index in [-0.39, 0.29) is 6.54 Å². The summed E-state index contributed by atoms with van der Waals surface area (Å²) in [6.45, 7) is 0.811. The highest BCUT2D eigenvalue weighted by atomic mass is 32.2. The molecule has 0 aromatic heterocycles. The van der Waals surface area contributed by atoms with Gasteiger partial charge in [-0.25, -0.2) is 0 Å². The molecule has 0 unspecified atom stereocenters. The van der Waals surface area contributed by atoms with Crippen molar-refractivity contribution in [2.75, 3.05) is 12.3 Å². The van der Waals surface area contributed by atoms with Gasteiger partial charge in [-0.3, -0.25) is 18.9 Å². The zero-order valence-corrected chi connectivity index (χ0v) is 10.5. The van der Waals surface area contributed by atoms with Gasteiger partial charge in [0.25, 0.3) is 10.1 Å². The van der Waals surface area contributed by atoms with Gasteiger partial charge in [-0.15, -0.1) is 0 Å². The summed E-state index contributed by atoms with van der Waals surface area (Å²) in [5.41, 5.74) is 4.90. The molecule has 0 spiro atoms. The average Bonchev–Trinajstić information content (AvgIpc) is 2.12. The first kappa shape index (κ1) is 16.3. The first-order valence-electron chi connectivity index (χ1n) is 4.90. The molecule has 18 heavy (non-hydrogen) atoms. The molecule has 3 amide bonds. The van der Waals surface area contributed by atoms with Crippen molar-refractivity contribution in [1.29, 1.82) is 0 Å². The summed E-state index contributed by atoms with van der Waals surface area (Å²) in [5, 5.41) is 4.34. The van der Waals surface area contributed by atoms with Gasteiger partial charge in [0.1, 0.15) is 6.04 Å². The average molecular weight is 281 g/mol. The molecule has 9 nitrogen and oxygen atoms in total. The first-order valence-corrected chi connectivity index (χ1v) is 6.51. The van der Waals surface area contributed by atoms with E-state index in [1.165, 1.54) is 0 Å². The van der Waals surface area contributed by atoms with Crippen LogP contribution in [0.1, 0.15) is 13.3 Å². The van der Waals surface area contributed by atoms with Crippen LogP contribution >= 0.6 is 0 Å². The van der Waals surface area contributed by atoms with Crippen LogP contribution in [-0.4, -0.2) is 49.0 Å². The van der Waals surface area contributed by atoms with E-state index in [4.69, 9.17) is 10.3 Å². The number of rotatable bonds is 7. The van der Waals surface area contributed by atoms with Crippen molar-refractivity contribution in [3.05, 3.63) is 0 Å². The van der Waals surface area contributed by atoms with Crippen LogP contribution in [-0.2, 0) is 24.5 Å². The molecule has 0 rings (SSSR count). The van der Waals surface area contributed by atoms with Crippen LogP contribution in [0.2, 0.25) is 0 Å². The number of carbonyl (C=O) groups is 3. The minimum atomic E-state index is -4.19. The zero-order valence-electron chi connectivity index (χ0n) is 9.67. The predicted molar refractivity (Wildman–Crippen MR) is 60.8 cm³/mol. The first-order chi connectivity index (χ1) is 8.11. The largest absolute Gasteiger partial charge is 0.370 e. The van der Waals surface area contributed by atoms with Gasteiger partial charge in [0.05, 0.1) is 12.2 Å². The second kappa shape index (κ2) is 6.91. The molecule has 1 atom stereocenters. The Kier molecular flexibility index (Phi) is 6.27. The fourth-order valence-electron chi connectivity index (χ4n) is 1.08. The molecule has 0 fully saturated rings. The maximum absolute atomic E-state index is 11.5. The van der Waals surface area contributed by atoms with Crippen molar-refractivity contribution < 1.29 is 27.4 Å². The van der Waals surface area contributed by atoms with E-state index in [0.717, 1.165) is 6.92 Å². The standard InChI is InChI=1S/C8H15N3O6S/c1-5(12)11-6(4-7(9)13)8(14)10-2-3-18(15,16)17/h6H,2-4H2,1H3,(H2,9,13)(H,10,14)(H,11,12)(H,15,16,17)/t6-/m0/s1. The van der Waals surface area contributed by atoms with Gasteiger partial charge < -0.3 is 16.4 Å². The number of hydrogen-bond donors (Lipinski definition) is 4. The molecule has 0 aromatic carbocycles. The molecule has 0 bridgehead atoms. The van der Waals surface area contributed by atoms with Crippen LogP contribution in [0.4, 0.5) is 0 Å². The Balaban J connectivity index is 4.37. The Morgan fingerprint density at radius 3 is 2.28 bits per heavy atom. The van der Waals surface area contributed by atoms with Gasteiger partial charge in [-0.2, -0.15) is 8.42 Å². The second-order valence-electron chi connectivity index (χ2n) is 3.50. The van der Waals surface area contributed by atoms with E-state index < -0.39 is 46.1 Å². The van der Waals surface area contributed by atoms with Gasteiger partial charge in [-0.1, -0.05) is 0 Å². The van der Waals surface area contributed by atoms with Crippen LogP contribution in [0.15, 0.2) is 0 Å². The van der Waals surface area contributed by atoms with Crippen molar-refractivity contribution in [3.8, 4) is 0 Å². The van der Waals surface area contributed by atoms with Crippen molar-refractivity contribution in [3.63, 3.8) is 0 Å². The molecule has 0 aliphatic carbocycles. The van der Waals surface area contributed by atoms with Gasteiger partial charge in [0, 0.05) is 13.5 Å². The Bertz CT molecular complexity index is 416. The number of nitrogens with two attached hydrogens (primary N) is 1. The summed E-state index contributed by atoms with van der Waals surface area (Å²) in [4.78, 5) is 33.0. The third kappa shape index (κ3) is 8.47. The highest BCUT2D eigenvalue weighted by Gasteiger charge is 2.21. The lowest BCUT2D eigenvalue weighted by molar-refractivity contribution is -0.130. The molecular formula is C8H15N3O6S. The number of nitrogens with one attached hydrogen (secondary N) is 2. The molecule has 5 N–H and O–H groups in total. The number of primary amides is 1. The molecule has 0 saturated heterocycles. The lowest BCUT2D eigenvalue weighted by atomic mass is 10.2. The van der Waals surface area contributed by atoms with E-state index in [1.807, 2.05) is 0 Å². The second-order valence-corrected chi connectivity index (χ2v) is 5.07. The summed E-state index contributed by atoms with van der Waals surface area (Å²) in [6.07, 6.45) is -0.405. The molecule has 0 aliphatic rings. The number of amides is 3. The minimum absolute atomic E-state index is 0.341. The fraction of sp³-hybridized carbons (Fsp3) is 0.625. The van der Waals surface area contributed by atoms with E-state index in [2.05, 4.69) is 10.6 Å². The topological polar surface area (TPSA) is 156 Å². The fourth-order valence-corrected chi connectivity index (χ4v) is 1.44. The maximum Gasteiger partial charge on any atom is 0.266 e. The molecular weight excluding hydrogens is 266 g/mol. The molecule has 0 heterocycles. The molecule has 10 heteroatoms. The highest BCUT2D eigenvalue weighted by Crippen LogP contribution is 1.92. The molecule has 0 aliphatic heterocycles. The van der Waals surface area contributed by atoms with Gasteiger partial charge in [-0.05, 0) is 0 Å². The Morgan fingerprint density at radius 1 is 1.33 bits per heavy atom. The SMILES string of the molecule is CC(=O)N[C@@H](CC(N)=O)C(=O)NCCS(=O)(=O)O. The minimum Gasteiger partial charge on any atom is -0.370 e. The quantitative estimate of drug-likeness (QED) is 0.374. The maximum atomic E-state index is 11.5. The Morgan fingerprint density at radius 2 is 1.89 bits per heavy atom. The summed E-state index contributed by atoms with van der Waals surface area (Å²) < 4.78 is 29.2.